The van der Waals surface area contributed by atoms with E-state index in [2.05, 4.69) is 27.5 Å². The van der Waals surface area contributed by atoms with Gasteiger partial charge in [-0.3, -0.25) is 15.1 Å². The van der Waals surface area contributed by atoms with E-state index in [-0.39, 0.29) is 12.4 Å². The molecule has 0 bridgehead atoms. The molecule has 3 aromatic rings. The van der Waals surface area contributed by atoms with E-state index in [0.717, 1.165) is 5.39 Å². The second-order valence-corrected chi connectivity index (χ2v) is 6.34. The van der Waals surface area contributed by atoms with Crippen LogP contribution in [0.3, 0.4) is 0 Å². The number of hydrogen-bond acceptors (Lipinski definition) is 5. The van der Waals surface area contributed by atoms with Crippen molar-refractivity contribution in [1.82, 2.24) is 20.2 Å². The van der Waals surface area contributed by atoms with Crippen molar-refractivity contribution >= 4 is 22.7 Å². The Hall–Kier alpha value is -3.99. The van der Waals surface area contributed by atoms with Crippen molar-refractivity contribution in [3.63, 3.8) is 0 Å². The summed E-state index contributed by atoms with van der Waals surface area (Å²) in [5, 5.41) is 16.8. The number of urea groups is 1. The summed E-state index contributed by atoms with van der Waals surface area (Å²) in [5.74, 6) is 5.68. The van der Waals surface area contributed by atoms with Crippen molar-refractivity contribution in [2.45, 2.75) is 12.1 Å². The topological polar surface area (TPSA) is 105 Å². The summed E-state index contributed by atoms with van der Waals surface area (Å²) >= 11 is 0. The maximum absolute atomic E-state index is 12.5. The fraction of sp³-hybridized carbons (Fsp3) is 0.150. The SMILES string of the molecule is COc1ccc2cn(C[C@@]3(C#Cc4cccnc4)NC(=O)NC3=O)c(O)c2c1. The Kier molecular flexibility index (Phi) is 4.12. The Balaban J connectivity index is 1.76. The summed E-state index contributed by atoms with van der Waals surface area (Å²) in [5.41, 5.74) is -0.925. The zero-order chi connectivity index (χ0) is 19.7. The van der Waals surface area contributed by atoms with Gasteiger partial charge in [0.05, 0.1) is 13.7 Å². The number of methoxy groups -OCH3 is 1. The lowest BCUT2D eigenvalue weighted by Crippen LogP contribution is -2.49. The zero-order valence-electron chi connectivity index (χ0n) is 14.9. The van der Waals surface area contributed by atoms with Gasteiger partial charge in [0, 0.05) is 34.9 Å². The van der Waals surface area contributed by atoms with E-state index in [1.165, 1.54) is 11.7 Å². The molecule has 3 N–H and O–H groups in total. The van der Waals surface area contributed by atoms with Crippen LogP contribution in [-0.4, -0.2) is 39.2 Å². The number of pyridine rings is 1. The molecule has 0 radical (unpaired) electrons. The molecule has 1 saturated heterocycles. The minimum absolute atomic E-state index is 0.0506. The molecule has 2 aromatic heterocycles. The Morgan fingerprint density at radius 1 is 1.32 bits per heavy atom. The Morgan fingerprint density at radius 3 is 2.86 bits per heavy atom. The van der Waals surface area contributed by atoms with Crippen LogP contribution in [0.5, 0.6) is 11.6 Å². The molecule has 140 valence electrons. The average Bonchev–Trinajstić information content (AvgIpc) is 3.16. The van der Waals surface area contributed by atoms with Crippen LogP contribution in [0.1, 0.15) is 5.56 Å². The van der Waals surface area contributed by atoms with Crippen molar-refractivity contribution in [3.05, 3.63) is 54.5 Å². The van der Waals surface area contributed by atoms with E-state index in [0.29, 0.717) is 16.7 Å². The molecule has 0 saturated carbocycles. The van der Waals surface area contributed by atoms with Crippen LogP contribution < -0.4 is 15.4 Å². The van der Waals surface area contributed by atoms with Crippen LogP contribution >= 0.6 is 0 Å². The minimum Gasteiger partial charge on any atom is -0.497 e. The molecule has 0 spiro atoms. The van der Waals surface area contributed by atoms with Crippen molar-refractivity contribution in [2.24, 2.45) is 0 Å². The van der Waals surface area contributed by atoms with Gasteiger partial charge >= 0.3 is 6.03 Å². The average molecular weight is 376 g/mol. The fourth-order valence-electron chi connectivity index (χ4n) is 3.07. The minimum atomic E-state index is -1.52. The summed E-state index contributed by atoms with van der Waals surface area (Å²) in [7, 11) is 1.54. The maximum atomic E-state index is 12.5. The highest BCUT2D eigenvalue weighted by Crippen LogP contribution is 2.31. The van der Waals surface area contributed by atoms with Crippen LogP contribution in [0.25, 0.3) is 10.8 Å². The molecule has 8 nitrogen and oxygen atoms in total. The summed E-state index contributed by atoms with van der Waals surface area (Å²) in [6.07, 6.45) is 4.86. The van der Waals surface area contributed by atoms with Gasteiger partial charge in [0.25, 0.3) is 5.91 Å². The Bertz CT molecular complexity index is 1140. The van der Waals surface area contributed by atoms with Gasteiger partial charge in [-0.15, -0.1) is 0 Å². The summed E-state index contributed by atoms with van der Waals surface area (Å²) < 4.78 is 6.67. The van der Waals surface area contributed by atoms with Crippen LogP contribution in [0.4, 0.5) is 4.79 Å². The Labute approximate surface area is 160 Å². The predicted octanol–water partition coefficient (Wildman–Crippen LogP) is 1.38. The van der Waals surface area contributed by atoms with E-state index < -0.39 is 17.5 Å². The smallest absolute Gasteiger partial charge is 0.323 e. The van der Waals surface area contributed by atoms with Gasteiger partial charge in [0.1, 0.15) is 5.75 Å². The van der Waals surface area contributed by atoms with E-state index in [1.807, 2.05) is 0 Å². The van der Waals surface area contributed by atoms with Crippen LogP contribution in [0.15, 0.2) is 48.9 Å². The lowest BCUT2D eigenvalue weighted by molar-refractivity contribution is -0.122. The molecule has 1 fully saturated rings. The monoisotopic (exact) mass is 376 g/mol. The molecule has 28 heavy (non-hydrogen) atoms. The molecule has 3 amide bonds. The number of fused-ring (bicyclic) bond motifs is 1. The van der Waals surface area contributed by atoms with E-state index in [9.17, 15) is 14.7 Å². The maximum Gasteiger partial charge on any atom is 0.323 e. The molecule has 0 aliphatic carbocycles. The standard InChI is InChI=1S/C20H16N4O4/c1-28-15-5-4-14-11-24(17(25)16(14)9-15)12-20(18(26)22-19(27)23-20)7-6-13-3-2-8-21-10-13/h2-5,8-11,25H,12H2,1H3,(H2,22,23,26,27)/t20-/m1/s1. The first-order valence-electron chi connectivity index (χ1n) is 8.43. The molecule has 8 heteroatoms. The third-order valence-corrected chi connectivity index (χ3v) is 4.50. The molecular formula is C20H16N4O4. The van der Waals surface area contributed by atoms with Gasteiger partial charge in [0.2, 0.25) is 5.54 Å². The second kappa shape index (κ2) is 6.63. The number of imide groups is 1. The fourth-order valence-corrected chi connectivity index (χ4v) is 3.07. The van der Waals surface area contributed by atoms with Crippen LogP contribution in [-0.2, 0) is 11.3 Å². The first-order valence-corrected chi connectivity index (χ1v) is 8.43. The number of hydrogen-bond donors (Lipinski definition) is 3. The van der Waals surface area contributed by atoms with Gasteiger partial charge < -0.3 is 19.7 Å². The van der Waals surface area contributed by atoms with Gasteiger partial charge in [-0.1, -0.05) is 11.8 Å². The highest BCUT2D eigenvalue weighted by Gasteiger charge is 2.46. The predicted molar refractivity (Wildman–Crippen MR) is 101 cm³/mol. The molecule has 1 aliphatic rings. The third-order valence-electron chi connectivity index (χ3n) is 4.50. The zero-order valence-corrected chi connectivity index (χ0v) is 14.9. The number of rotatable bonds is 3. The molecule has 0 unspecified atom stereocenters. The first kappa shape index (κ1) is 17.4. The molecule has 3 heterocycles. The Morgan fingerprint density at radius 2 is 2.18 bits per heavy atom. The van der Waals surface area contributed by atoms with Crippen molar-refractivity contribution in [3.8, 4) is 23.5 Å². The van der Waals surface area contributed by atoms with Crippen LogP contribution in [0.2, 0.25) is 0 Å². The first-order chi connectivity index (χ1) is 13.5. The van der Waals surface area contributed by atoms with Crippen LogP contribution in [0, 0.1) is 11.8 Å². The van der Waals surface area contributed by atoms with Crippen molar-refractivity contribution in [1.29, 1.82) is 0 Å². The molecular weight excluding hydrogens is 360 g/mol. The summed E-state index contributed by atoms with van der Waals surface area (Å²) in [4.78, 5) is 28.3. The largest absolute Gasteiger partial charge is 0.497 e. The van der Waals surface area contributed by atoms with Gasteiger partial charge in [-0.2, -0.15) is 0 Å². The molecule has 1 aromatic carbocycles. The summed E-state index contributed by atoms with van der Waals surface area (Å²) in [6, 6.07) is 8.10. The second-order valence-electron chi connectivity index (χ2n) is 6.34. The number of benzene rings is 1. The number of amides is 3. The number of carbonyl (C=O) groups is 2. The number of carbonyl (C=O) groups excluding carboxylic acids is 2. The van der Waals surface area contributed by atoms with Gasteiger partial charge in [-0.25, -0.2) is 4.79 Å². The number of nitrogens with one attached hydrogen (secondary N) is 2. The quantitative estimate of drug-likeness (QED) is 0.473. The number of aromatic nitrogens is 2. The third kappa shape index (κ3) is 2.99. The molecule has 1 aliphatic heterocycles. The summed E-state index contributed by atoms with van der Waals surface area (Å²) in [6.45, 7) is -0.0688. The number of aromatic hydroxyl groups is 1. The van der Waals surface area contributed by atoms with E-state index in [1.54, 1.807) is 48.9 Å². The lowest BCUT2D eigenvalue weighted by Gasteiger charge is -2.20. The van der Waals surface area contributed by atoms with E-state index in [4.69, 9.17) is 4.74 Å². The normalized spacial score (nSPS) is 18.3. The highest BCUT2D eigenvalue weighted by molar-refractivity contribution is 6.09. The molecule has 1 atom stereocenters. The van der Waals surface area contributed by atoms with Crippen molar-refractivity contribution < 1.29 is 19.4 Å². The van der Waals surface area contributed by atoms with Gasteiger partial charge in [-0.05, 0) is 30.3 Å². The van der Waals surface area contributed by atoms with E-state index >= 15 is 0 Å². The molecule has 4 rings (SSSR count). The van der Waals surface area contributed by atoms with Crippen molar-refractivity contribution in [2.75, 3.05) is 7.11 Å². The number of ether oxygens (including phenoxy) is 1. The number of nitrogens with zero attached hydrogens (tertiary/aromatic N) is 2. The lowest BCUT2D eigenvalue weighted by atomic mass is 10.00. The van der Waals surface area contributed by atoms with Gasteiger partial charge in [0.15, 0.2) is 5.88 Å². The highest BCUT2D eigenvalue weighted by atomic mass is 16.5.